The standard InChI is InChI=1S/C18H28N2O/c1-14(2)20-18(21)12-13-19-17-11-7-6-10-16(17)15-8-4-3-5-9-15/h3-5,8-9,14,16-17,19H,6-7,10-13H2,1-2H3,(H,20,21). The van der Waals surface area contributed by atoms with Gasteiger partial charge in [0.1, 0.15) is 0 Å². The number of nitrogens with one attached hydrogen (secondary N) is 2. The van der Waals surface area contributed by atoms with Crippen LogP contribution < -0.4 is 10.6 Å². The SMILES string of the molecule is CC(C)NC(=O)CCNC1CCCCC1c1ccccc1. The van der Waals surface area contributed by atoms with E-state index in [1.54, 1.807) is 0 Å². The number of hydrogen-bond donors (Lipinski definition) is 2. The van der Waals surface area contributed by atoms with Gasteiger partial charge in [-0.1, -0.05) is 43.2 Å². The van der Waals surface area contributed by atoms with Crippen LogP contribution in [0.4, 0.5) is 0 Å². The molecule has 0 heterocycles. The average molecular weight is 288 g/mol. The van der Waals surface area contributed by atoms with Crippen LogP contribution in [0.3, 0.4) is 0 Å². The number of carbonyl (C=O) groups excluding carboxylic acids is 1. The van der Waals surface area contributed by atoms with Crippen molar-refractivity contribution in [1.29, 1.82) is 0 Å². The van der Waals surface area contributed by atoms with Crippen LogP contribution in [0.1, 0.15) is 57.4 Å². The number of amides is 1. The fourth-order valence-corrected chi connectivity index (χ4v) is 3.24. The minimum absolute atomic E-state index is 0.143. The Morgan fingerprint density at radius 1 is 1.19 bits per heavy atom. The highest BCUT2D eigenvalue weighted by Crippen LogP contribution is 2.32. The lowest BCUT2D eigenvalue weighted by atomic mass is 9.80. The van der Waals surface area contributed by atoms with Crippen LogP contribution in [0.25, 0.3) is 0 Å². The van der Waals surface area contributed by atoms with Crippen molar-refractivity contribution in [3.8, 4) is 0 Å². The van der Waals surface area contributed by atoms with E-state index in [0.29, 0.717) is 18.4 Å². The summed E-state index contributed by atoms with van der Waals surface area (Å²) in [5.41, 5.74) is 1.43. The van der Waals surface area contributed by atoms with E-state index in [9.17, 15) is 4.79 Å². The van der Waals surface area contributed by atoms with Crippen molar-refractivity contribution in [2.45, 2.75) is 64.0 Å². The van der Waals surface area contributed by atoms with Gasteiger partial charge in [-0.15, -0.1) is 0 Å². The first kappa shape index (κ1) is 16.0. The molecule has 1 aromatic carbocycles. The minimum atomic E-state index is 0.143. The van der Waals surface area contributed by atoms with E-state index in [-0.39, 0.29) is 11.9 Å². The molecule has 1 aliphatic carbocycles. The second-order valence-corrected chi connectivity index (χ2v) is 6.33. The van der Waals surface area contributed by atoms with Gasteiger partial charge in [-0.25, -0.2) is 0 Å². The molecule has 0 radical (unpaired) electrons. The summed E-state index contributed by atoms with van der Waals surface area (Å²) in [6.07, 6.45) is 5.63. The van der Waals surface area contributed by atoms with Crippen LogP contribution in [0, 0.1) is 0 Å². The monoisotopic (exact) mass is 288 g/mol. The highest BCUT2D eigenvalue weighted by atomic mass is 16.1. The molecule has 0 aliphatic heterocycles. The molecule has 3 heteroatoms. The highest BCUT2D eigenvalue weighted by molar-refractivity contribution is 5.76. The maximum atomic E-state index is 11.7. The summed E-state index contributed by atoms with van der Waals surface area (Å²) in [7, 11) is 0. The molecule has 116 valence electrons. The molecule has 1 aliphatic rings. The van der Waals surface area contributed by atoms with Crippen LogP contribution in [-0.4, -0.2) is 24.5 Å². The van der Waals surface area contributed by atoms with E-state index >= 15 is 0 Å². The molecule has 1 aromatic rings. The zero-order chi connectivity index (χ0) is 15.1. The van der Waals surface area contributed by atoms with Crippen molar-refractivity contribution in [3.05, 3.63) is 35.9 Å². The summed E-state index contributed by atoms with van der Waals surface area (Å²) < 4.78 is 0. The van der Waals surface area contributed by atoms with Crippen LogP contribution in [0.5, 0.6) is 0 Å². The van der Waals surface area contributed by atoms with E-state index in [0.717, 1.165) is 6.54 Å². The zero-order valence-corrected chi connectivity index (χ0v) is 13.3. The van der Waals surface area contributed by atoms with Gasteiger partial charge in [-0.2, -0.15) is 0 Å². The van der Waals surface area contributed by atoms with Gasteiger partial charge in [0.05, 0.1) is 0 Å². The van der Waals surface area contributed by atoms with Crippen LogP contribution >= 0.6 is 0 Å². The molecule has 2 N–H and O–H groups in total. The molecule has 1 amide bonds. The topological polar surface area (TPSA) is 41.1 Å². The van der Waals surface area contributed by atoms with Gasteiger partial charge in [0, 0.05) is 25.0 Å². The van der Waals surface area contributed by atoms with Crippen molar-refractivity contribution in [1.82, 2.24) is 10.6 Å². The van der Waals surface area contributed by atoms with Crippen LogP contribution in [0.2, 0.25) is 0 Å². The van der Waals surface area contributed by atoms with Crippen molar-refractivity contribution < 1.29 is 4.79 Å². The Labute approximate surface area is 128 Å². The minimum Gasteiger partial charge on any atom is -0.354 e. The smallest absolute Gasteiger partial charge is 0.221 e. The Hall–Kier alpha value is -1.35. The summed E-state index contributed by atoms with van der Waals surface area (Å²) in [5, 5.41) is 6.56. The average Bonchev–Trinajstić information content (AvgIpc) is 2.48. The molecule has 1 saturated carbocycles. The summed E-state index contributed by atoms with van der Waals surface area (Å²) in [6, 6.07) is 11.5. The first-order valence-corrected chi connectivity index (χ1v) is 8.24. The summed E-state index contributed by atoms with van der Waals surface area (Å²) in [6.45, 7) is 4.77. The maximum Gasteiger partial charge on any atom is 0.221 e. The van der Waals surface area contributed by atoms with Crippen molar-refractivity contribution >= 4 is 5.91 Å². The fourth-order valence-electron chi connectivity index (χ4n) is 3.24. The predicted molar refractivity (Wildman–Crippen MR) is 87.3 cm³/mol. The normalized spacial score (nSPS) is 22.2. The van der Waals surface area contributed by atoms with Crippen LogP contribution in [0.15, 0.2) is 30.3 Å². The molecular formula is C18H28N2O. The van der Waals surface area contributed by atoms with Gasteiger partial charge >= 0.3 is 0 Å². The Morgan fingerprint density at radius 2 is 1.90 bits per heavy atom. The van der Waals surface area contributed by atoms with Gasteiger partial charge in [0.15, 0.2) is 0 Å². The van der Waals surface area contributed by atoms with Gasteiger partial charge in [0.25, 0.3) is 0 Å². The lowest BCUT2D eigenvalue weighted by Gasteiger charge is -2.32. The predicted octanol–water partition coefficient (Wildman–Crippen LogP) is 3.22. The molecule has 0 spiro atoms. The lowest BCUT2D eigenvalue weighted by molar-refractivity contribution is -0.121. The van der Waals surface area contributed by atoms with Crippen molar-refractivity contribution in [2.75, 3.05) is 6.54 Å². The molecular weight excluding hydrogens is 260 g/mol. The largest absolute Gasteiger partial charge is 0.354 e. The molecule has 3 nitrogen and oxygen atoms in total. The van der Waals surface area contributed by atoms with Gasteiger partial charge in [0.2, 0.25) is 5.91 Å². The third kappa shape index (κ3) is 5.16. The van der Waals surface area contributed by atoms with Crippen molar-refractivity contribution in [2.24, 2.45) is 0 Å². The molecule has 2 unspecified atom stereocenters. The molecule has 21 heavy (non-hydrogen) atoms. The van der Waals surface area contributed by atoms with E-state index < -0.39 is 0 Å². The first-order chi connectivity index (χ1) is 10.2. The molecule has 2 atom stereocenters. The van der Waals surface area contributed by atoms with Gasteiger partial charge < -0.3 is 10.6 Å². The molecule has 2 rings (SSSR count). The number of carbonyl (C=O) groups is 1. The van der Waals surface area contributed by atoms with Gasteiger partial charge in [-0.3, -0.25) is 4.79 Å². The van der Waals surface area contributed by atoms with Gasteiger partial charge in [-0.05, 0) is 38.2 Å². The van der Waals surface area contributed by atoms with Crippen molar-refractivity contribution in [3.63, 3.8) is 0 Å². The number of hydrogen-bond acceptors (Lipinski definition) is 2. The Balaban J connectivity index is 1.84. The second-order valence-electron chi connectivity index (χ2n) is 6.33. The Morgan fingerprint density at radius 3 is 2.62 bits per heavy atom. The first-order valence-electron chi connectivity index (χ1n) is 8.24. The Kier molecular flexibility index (Phi) is 6.24. The van der Waals surface area contributed by atoms with E-state index in [1.165, 1.54) is 31.2 Å². The maximum absolute atomic E-state index is 11.7. The number of rotatable bonds is 6. The molecule has 0 bridgehead atoms. The van der Waals surface area contributed by atoms with E-state index in [4.69, 9.17) is 0 Å². The Bertz CT molecular complexity index is 430. The van der Waals surface area contributed by atoms with E-state index in [2.05, 4.69) is 41.0 Å². The quantitative estimate of drug-likeness (QED) is 0.844. The summed E-state index contributed by atoms with van der Waals surface area (Å²) in [5.74, 6) is 0.734. The molecule has 0 saturated heterocycles. The second kappa shape index (κ2) is 8.18. The molecule has 1 fully saturated rings. The zero-order valence-electron chi connectivity index (χ0n) is 13.3. The number of benzene rings is 1. The lowest BCUT2D eigenvalue weighted by Crippen LogP contribution is -2.40. The molecule has 0 aromatic heterocycles. The highest BCUT2D eigenvalue weighted by Gasteiger charge is 2.25. The third-order valence-electron chi connectivity index (χ3n) is 4.20. The summed E-state index contributed by atoms with van der Waals surface area (Å²) >= 11 is 0. The fraction of sp³-hybridized carbons (Fsp3) is 0.611. The summed E-state index contributed by atoms with van der Waals surface area (Å²) in [4.78, 5) is 11.7. The third-order valence-corrected chi connectivity index (χ3v) is 4.20. The van der Waals surface area contributed by atoms with E-state index in [1.807, 2.05) is 13.8 Å². The van der Waals surface area contributed by atoms with Crippen LogP contribution in [-0.2, 0) is 4.79 Å².